The molecule has 0 unspecified atom stereocenters. The summed E-state index contributed by atoms with van der Waals surface area (Å²) in [6, 6.07) is 12.1. The second-order valence-electron chi connectivity index (χ2n) is 6.71. The van der Waals surface area contributed by atoms with Gasteiger partial charge in [0.25, 0.3) is 0 Å². The summed E-state index contributed by atoms with van der Waals surface area (Å²) >= 11 is 1.58. The van der Waals surface area contributed by atoms with Crippen LogP contribution < -0.4 is 0 Å². The van der Waals surface area contributed by atoms with Crippen molar-refractivity contribution in [2.45, 2.75) is 18.9 Å². The van der Waals surface area contributed by atoms with Crippen molar-refractivity contribution >= 4 is 32.5 Å². The van der Waals surface area contributed by atoms with E-state index in [0.717, 1.165) is 63.4 Å². The lowest BCUT2D eigenvalue weighted by atomic mass is 9.93. The predicted molar refractivity (Wildman–Crippen MR) is 101 cm³/mol. The zero-order valence-electron chi connectivity index (χ0n) is 14.1. The van der Waals surface area contributed by atoms with Crippen LogP contribution in [0.25, 0.3) is 32.4 Å². The Morgan fingerprint density at radius 1 is 1.08 bits per heavy atom. The number of aromatic nitrogens is 2. The van der Waals surface area contributed by atoms with E-state index in [0.29, 0.717) is 0 Å². The van der Waals surface area contributed by atoms with E-state index in [1.807, 2.05) is 24.3 Å². The maximum absolute atomic E-state index is 10.7. The van der Waals surface area contributed by atoms with E-state index in [2.05, 4.69) is 17.3 Å². The van der Waals surface area contributed by atoms with Gasteiger partial charge in [0.1, 0.15) is 4.83 Å². The number of hydrogen-bond acceptors (Lipinski definition) is 6. The standard InChI is InChI=1S/C20H18N2O3S/c23-19(12-5-7-24-8-6-12)18-10-14-1-3-16(22-20(14)26-18)13-2-4-17-15(9-13)11-21-25-17/h1-4,9-12,19,23H,5-8H2/t19-/m0/s1. The van der Waals surface area contributed by atoms with Crippen LogP contribution >= 0.6 is 11.3 Å². The fourth-order valence-electron chi connectivity index (χ4n) is 3.54. The van der Waals surface area contributed by atoms with E-state index < -0.39 is 6.10 Å². The highest BCUT2D eigenvalue weighted by molar-refractivity contribution is 7.18. The molecule has 0 radical (unpaired) electrons. The molecular weight excluding hydrogens is 348 g/mol. The van der Waals surface area contributed by atoms with Gasteiger partial charge < -0.3 is 14.4 Å². The van der Waals surface area contributed by atoms with Gasteiger partial charge in [0.2, 0.25) is 0 Å². The third-order valence-corrected chi connectivity index (χ3v) is 6.17. The van der Waals surface area contributed by atoms with Gasteiger partial charge in [-0.25, -0.2) is 4.98 Å². The van der Waals surface area contributed by atoms with Crippen LogP contribution in [0.1, 0.15) is 23.8 Å². The molecule has 1 aliphatic heterocycles. The molecule has 1 atom stereocenters. The molecule has 0 amide bonds. The second-order valence-corrected chi connectivity index (χ2v) is 7.77. The molecule has 1 saturated heterocycles. The molecule has 1 aliphatic rings. The van der Waals surface area contributed by atoms with Crippen molar-refractivity contribution in [1.82, 2.24) is 10.1 Å². The lowest BCUT2D eigenvalue weighted by molar-refractivity contribution is 0.00856. The number of ether oxygens (including phenoxy) is 1. The number of hydrogen-bond donors (Lipinski definition) is 1. The third-order valence-electron chi connectivity index (χ3n) is 5.05. The molecule has 1 fully saturated rings. The average molecular weight is 366 g/mol. The average Bonchev–Trinajstić information content (AvgIpc) is 3.33. The molecule has 0 aliphatic carbocycles. The molecule has 1 N–H and O–H groups in total. The first-order chi connectivity index (χ1) is 12.8. The largest absolute Gasteiger partial charge is 0.387 e. The van der Waals surface area contributed by atoms with Gasteiger partial charge in [-0.05, 0) is 55.2 Å². The van der Waals surface area contributed by atoms with Gasteiger partial charge in [-0.15, -0.1) is 11.3 Å². The van der Waals surface area contributed by atoms with Gasteiger partial charge in [0, 0.05) is 34.4 Å². The molecule has 132 valence electrons. The van der Waals surface area contributed by atoms with Crippen molar-refractivity contribution in [3.05, 3.63) is 47.5 Å². The van der Waals surface area contributed by atoms with Gasteiger partial charge in [-0.2, -0.15) is 0 Å². The molecule has 3 aromatic heterocycles. The molecule has 6 heteroatoms. The monoisotopic (exact) mass is 366 g/mol. The topological polar surface area (TPSA) is 68.4 Å². The van der Waals surface area contributed by atoms with Crippen LogP contribution in [0, 0.1) is 5.92 Å². The summed E-state index contributed by atoms with van der Waals surface area (Å²) in [7, 11) is 0. The first-order valence-electron chi connectivity index (χ1n) is 8.79. The van der Waals surface area contributed by atoms with E-state index in [1.54, 1.807) is 17.5 Å². The highest BCUT2D eigenvalue weighted by Crippen LogP contribution is 2.37. The SMILES string of the molecule is O[C@H](c1cc2ccc(-c3ccc4oncc4c3)nc2s1)C1CCOCC1. The minimum Gasteiger partial charge on any atom is -0.387 e. The Morgan fingerprint density at radius 2 is 1.96 bits per heavy atom. The van der Waals surface area contributed by atoms with Gasteiger partial charge in [0.15, 0.2) is 5.58 Å². The Bertz CT molecular complexity index is 1070. The predicted octanol–water partition coefficient (Wildman–Crippen LogP) is 4.56. The highest BCUT2D eigenvalue weighted by Gasteiger charge is 2.25. The number of thiophene rings is 1. The lowest BCUT2D eigenvalue weighted by Crippen LogP contribution is -2.21. The second kappa shape index (κ2) is 6.46. The highest BCUT2D eigenvalue weighted by atomic mass is 32.1. The fraction of sp³-hybridized carbons (Fsp3) is 0.300. The minimum atomic E-state index is -0.435. The zero-order valence-corrected chi connectivity index (χ0v) is 14.9. The number of aliphatic hydroxyl groups is 1. The van der Waals surface area contributed by atoms with Crippen molar-refractivity contribution in [1.29, 1.82) is 0 Å². The summed E-state index contributed by atoms with van der Waals surface area (Å²) in [4.78, 5) is 6.76. The van der Waals surface area contributed by atoms with Crippen LogP contribution in [0.4, 0.5) is 0 Å². The normalized spacial score (nSPS) is 17.1. The van der Waals surface area contributed by atoms with Crippen molar-refractivity contribution in [3.8, 4) is 11.3 Å². The zero-order chi connectivity index (χ0) is 17.5. The number of nitrogens with zero attached hydrogens (tertiary/aromatic N) is 2. The number of fused-ring (bicyclic) bond motifs is 2. The summed E-state index contributed by atoms with van der Waals surface area (Å²) in [5.74, 6) is 0.271. The van der Waals surface area contributed by atoms with Crippen molar-refractivity contribution < 1.29 is 14.4 Å². The maximum atomic E-state index is 10.7. The van der Waals surface area contributed by atoms with Crippen LogP contribution in [-0.4, -0.2) is 28.5 Å². The molecule has 4 aromatic rings. The Balaban J connectivity index is 1.49. The van der Waals surface area contributed by atoms with Crippen LogP contribution in [0.15, 0.2) is 47.1 Å². The van der Waals surface area contributed by atoms with E-state index in [9.17, 15) is 5.11 Å². The quantitative estimate of drug-likeness (QED) is 0.575. The van der Waals surface area contributed by atoms with Crippen LogP contribution in [0.3, 0.4) is 0 Å². The lowest BCUT2D eigenvalue weighted by Gasteiger charge is -2.25. The number of aliphatic hydroxyl groups excluding tert-OH is 1. The molecule has 5 nitrogen and oxygen atoms in total. The van der Waals surface area contributed by atoms with Crippen LogP contribution in [0.5, 0.6) is 0 Å². The van der Waals surface area contributed by atoms with E-state index in [1.165, 1.54) is 0 Å². The summed E-state index contributed by atoms with van der Waals surface area (Å²) in [5.41, 5.74) is 2.71. The summed E-state index contributed by atoms with van der Waals surface area (Å²) in [5, 5.41) is 16.6. The summed E-state index contributed by atoms with van der Waals surface area (Å²) < 4.78 is 10.6. The van der Waals surface area contributed by atoms with Gasteiger partial charge >= 0.3 is 0 Å². The smallest absolute Gasteiger partial charge is 0.166 e. The third kappa shape index (κ3) is 2.80. The molecule has 4 heterocycles. The molecular formula is C20H18N2O3S. The van der Waals surface area contributed by atoms with E-state index in [-0.39, 0.29) is 5.92 Å². The van der Waals surface area contributed by atoms with Crippen molar-refractivity contribution in [2.24, 2.45) is 5.92 Å². The summed E-state index contributed by atoms with van der Waals surface area (Å²) in [6.07, 6.45) is 3.10. The first kappa shape index (κ1) is 15.9. The molecule has 0 saturated carbocycles. The Kier molecular flexibility index (Phi) is 3.96. The molecule has 0 spiro atoms. The Hall–Kier alpha value is -2.28. The van der Waals surface area contributed by atoms with Crippen LogP contribution in [-0.2, 0) is 4.74 Å². The van der Waals surface area contributed by atoms with E-state index >= 15 is 0 Å². The Morgan fingerprint density at radius 3 is 2.85 bits per heavy atom. The first-order valence-corrected chi connectivity index (χ1v) is 9.61. The van der Waals surface area contributed by atoms with Gasteiger partial charge in [-0.1, -0.05) is 5.16 Å². The van der Waals surface area contributed by atoms with Gasteiger partial charge in [-0.3, -0.25) is 0 Å². The Labute approximate surface area is 154 Å². The van der Waals surface area contributed by atoms with Crippen molar-refractivity contribution in [2.75, 3.05) is 13.2 Å². The minimum absolute atomic E-state index is 0.271. The van der Waals surface area contributed by atoms with Gasteiger partial charge in [0.05, 0.1) is 18.0 Å². The maximum Gasteiger partial charge on any atom is 0.166 e. The molecule has 0 bridgehead atoms. The number of pyridine rings is 1. The molecule has 26 heavy (non-hydrogen) atoms. The van der Waals surface area contributed by atoms with Crippen molar-refractivity contribution in [3.63, 3.8) is 0 Å². The fourth-order valence-corrected chi connectivity index (χ4v) is 4.65. The molecule has 1 aromatic carbocycles. The van der Waals surface area contributed by atoms with E-state index in [4.69, 9.17) is 14.2 Å². The summed E-state index contributed by atoms with van der Waals surface area (Å²) in [6.45, 7) is 1.47. The van der Waals surface area contributed by atoms with Crippen LogP contribution in [0.2, 0.25) is 0 Å². The number of rotatable bonds is 3. The molecule has 5 rings (SSSR count). The number of benzene rings is 1.